The fourth-order valence-electron chi connectivity index (χ4n) is 3.40. The Morgan fingerprint density at radius 3 is 2.16 bits per heavy atom. The fraction of sp³-hybridized carbons (Fsp3) is 1.00. The predicted molar refractivity (Wildman–Crippen MR) is 84.7 cm³/mol. The van der Waals surface area contributed by atoms with Crippen LogP contribution in [0.1, 0.15) is 46.5 Å². The summed E-state index contributed by atoms with van der Waals surface area (Å²) in [6, 6.07) is 0.761. The zero-order chi connectivity index (χ0) is 14.1. The summed E-state index contributed by atoms with van der Waals surface area (Å²) in [6.45, 7) is 14.2. The van der Waals surface area contributed by atoms with Crippen molar-refractivity contribution in [2.75, 3.05) is 46.3 Å². The molecule has 0 aromatic rings. The maximum Gasteiger partial charge on any atom is 0.0104 e. The van der Waals surface area contributed by atoms with Crippen LogP contribution in [-0.4, -0.2) is 62.2 Å². The van der Waals surface area contributed by atoms with Gasteiger partial charge in [-0.05, 0) is 65.0 Å². The Balaban J connectivity index is 2.25. The number of nitrogens with zero attached hydrogens (tertiary/aromatic N) is 2. The van der Waals surface area contributed by atoms with Crippen LogP contribution in [0.5, 0.6) is 0 Å². The first-order valence-corrected chi connectivity index (χ1v) is 8.37. The van der Waals surface area contributed by atoms with E-state index < -0.39 is 0 Å². The number of nitrogens with one attached hydrogen (secondary N) is 1. The van der Waals surface area contributed by atoms with Crippen molar-refractivity contribution in [3.63, 3.8) is 0 Å². The van der Waals surface area contributed by atoms with Gasteiger partial charge in [0.2, 0.25) is 0 Å². The Labute approximate surface area is 120 Å². The average molecular weight is 269 g/mol. The molecule has 1 rings (SSSR count). The van der Waals surface area contributed by atoms with Crippen LogP contribution in [0.4, 0.5) is 0 Å². The smallest absolute Gasteiger partial charge is 0.0104 e. The summed E-state index contributed by atoms with van der Waals surface area (Å²) in [6.07, 6.45) is 5.51. The molecule has 1 aliphatic carbocycles. The summed E-state index contributed by atoms with van der Waals surface area (Å²) in [5.41, 5.74) is 0. The van der Waals surface area contributed by atoms with Gasteiger partial charge in [0.25, 0.3) is 0 Å². The molecule has 1 fully saturated rings. The number of hydrogen-bond acceptors (Lipinski definition) is 3. The third kappa shape index (κ3) is 5.80. The quantitative estimate of drug-likeness (QED) is 0.657. The molecule has 0 radical (unpaired) electrons. The van der Waals surface area contributed by atoms with E-state index in [9.17, 15) is 0 Å². The summed E-state index contributed by atoms with van der Waals surface area (Å²) in [5.74, 6) is 0.874. The Kier molecular flexibility index (Phi) is 8.67. The summed E-state index contributed by atoms with van der Waals surface area (Å²) >= 11 is 0. The lowest BCUT2D eigenvalue weighted by Gasteiger charge is -2.28. The van der Waals surface area contributed by atoms with Gasteiger partial charge in [0.1, 0.15) is 0 Å². The Bertz CT molecular complexity index is 216. The Morgan fingerprint density at radius 2 is 1.58 bits per heavy atom. The van der Waals surface area contributed by atoms with Gasteiger partial charge in [0.05, 0.1) is 0 Å². The van der Waals surface area contributed by atoms with Crippen LogP contribution in [0.2, 0.25) is 0 Å². The molecule has 0 bridgehead atoms. The molecular formula is C16H35N3. The second-order valence-corrected chi connectivity index (χ2v) is 5.86. The summed E-state index contributed by atoms with van der Waals surface area (Å²) in [4.78, 5) is 5.18. The summed E-state index contributed by atoms with van der Waals surface area (Å²) < 4.78 is 0. The second kappa shape index (κ2) is 9.73. The van der Waals surface area contributed by atoms with Gasteiger partial charge in [0, 0.05) is 12.6 Å². The summed E-state index contributed by atoms with van der Waals surface area (Å²) in [5, 5.41) is 3.50. The van der Waals surface area contributed by atoms with Gasteiger partial charge in [-0.1, -0.05) is 27.2 Å². The molecule has 114 valence electrons. The third-order valence-electron chi connectivity index (χ3n) is 4.81. The number of rotatable bonds is 10. The first-order valence-electron chi connectivity index (χ1n) is 8.37. The molecule has 3 heteroatoms. The fourth-order valence-corrected chi connectivity index (χ4v) is 3.40. The molecule has 0 amide bonds. The minimum Gasteiger partial charge on any atom is -0.317 e. The normalized spacial score (nSPS) is 23.7. The SMILES string of the molecule is CCN(CC)CCCN(CC)CC1CCCC1NC. The largest absolute Gasteiger partial charge is 0.317 e. The van der Waals surface area contributed by atoms with Crippen molar-refractivity contribution in [3.8, 4) is 0 Å². The molecule has 2 atom stereocenters. The van der Waals surface area contributed by atoms with Gasteiger partial charge in [-0.3, -0.25) is 0 Å². The van der Waals surface area contributed by atoms with Gasteiger partial charge >= 0.3 is 0 Å². The van der Waals surface area contributed by atoms with Gasteiger partial charge < -0.3 is 15.1 Å². The standard InChI is InChI=1S/C16H35N3/c1-5-18(6-2)12-9-13-19(7-3)14-15-10-8-11-16(15)17-4/h15-17H,5-14H2,1-4H3. The van der Waals surface area contributed by atoms with Crippen molar-refractivity contribution in [2.45, 2.75) is 52.5 Å². The molecule has 0 aromatic heterocycles. The van der Waals surface area contributed by atoms with E-state index in [4.69, 9.17) is 0 Å². The van der Waals surface area contributed by atoms with Gasteiger partial charge in [-0.15, -0.1) is 0 Å². The van der Waals surface area contributed by atoms with Crippen molar-refractivity contribution in [1.29, 1.82) is 0 Å². The summed E-state index contributed by atoms with van der Waals surface area (Å²) in [7, 11) is 2.12. The maximum atomic E-state index is 3.50. The van der Waals surface area contributed by atoms with Crippen LogP contribution in [0.3, 0.4) is 0 Å². The maximum absolute atomic E-state index is 3.50. The second-order valence-electron chi connectivity index (χ2n) is 5.86. The van der Waals surface area contributed by atoms with Gasteiger partial charge in [-0.2, -0.15) is 0 Å². The molecule has 0 heterocycles. The lowest BCUT2D eigenvalue weighted by atomic mass is 10.0. The minimum atomic E-state index is 0.761. The van der Waals surface area contributed by atoms with Crippen LogP contribution in [-0.2, 0) is 0 Å². The van der Waals surface area contributed by atoms with Crippen LogP contribution < -0.4 is 5.32 Å². The Morgan fingerprint density at radius 1 is 0.947 bits per heavy atom. The van der Waals surface area contributed by atoms with E-state index in [1.54, 1.807) is 0 Å². The Hall–Kier alpha value is -0.120. The monoisotopic (exact) mass is 269 g/mol. The molecule has 0 aromatic carbocycles. The minimum absolute atomic E-state index is 0.761. The van der Waals surface area contributed by atoms with Crippen molar-refractivity contribution >= 4 is 0 Å². The van der Waals surface area contributed by atoms with E-state index in [-0.39, 0.29) is 0 Å². The van der Waals surface area contributed by atoms with Gasteiger partial charge in [-0.25, -0.2) is 0 Å². The van der Waals surface area contributed by atoms with Crippen molar-refractivity contribution in [2.24, 2.45) is 5.92 Å². The van der Waals surface area contributed by atoms with E-state index in [2.05, 4.69) is 42.9 Å². The third-order valence-corrected chi connectivity index (χ3v) is 4.81. The van der Waals surface area contributed by atoms with E-state index in [1.807, 2.05) is 0 Å². The highest BCUT2D eigenvalue weighted by atomic mass is 15.1. The molecule has 0 saturated heterocycles. The van der Waals surface area contributed by atoms with E-state index >= 15 is 0 Å². The van der Waals surface area contributed by atoms with Crippen LogP contribution >= 0.6 is 0 Å². The number of hydrogen-bond donors (Lipinski definition) is 1. The molecule has 1 N–H and O–H groups in total. The van der Waals surface area contributed by atoms with Crippen molar-refractivity contribution in [1.82, 2.24) is 15.1 Å². The van der Waals surface area contributed by atoms with Gasteiger partial charge in [0.15, 0.2) is 0 Å². The lowest BCUT2D eigenvalue weighted by Crippen LogP contribution is -2.39. The van der Waals surface area contributed by atoms with Crippen LogP contribution in [0.15, 0.2) is 0 Å². The van der Waals surface area contributed by atoms with Crippen LogP contribution in [0.25, 0.3) is 0 Å². The zero-order valence-electron chi connectivity index (χ0n) is 13.6. The average Bonchev–Trinajstić information content (AvgIpc) is 2.89. The van der Waals surface area contributed by atoms with Crippen LogP contribution in [0, 0.1) is 5.92 Å². The van der Waals surface area contributed by atoms with Crippen molar-refractivity contribution in [3.05, 3.63) is 0 Å². The topological polar surface area (TPSA) is 18.5 Å². The molecule has 0 aliphatic heterocycles. The zero-order valence-corrected chi connectivity index (χ0v) is 13.6. The highest BCUT2D eigenvalue weighted by Gasteiger charge is 2.26. The first-order chi connectivity index (χ1) is 9.24. The lowest BCUT2D eigenvalue weighted by molar-refractivity contribution is 0.206. The molecule has 2 unspecified atom stereocenters. The highest BCUT2D eigenvalue weighted by molar-refractivity contribution is 4.84. The highest BCUT2D eigenvalue weighted by Crippen LogP contribution is 2.26. The van der Waals surface area contributed by atoms with E-state index in [1.165, 1.54) is 65.0 Å². The predicted octanol–water partition coefficient (Wildman–Crippen LogP) is 2.43. The van der Waals surface area contributed by atoms with Crippen molar-refractivity contribution < 1.29 is 0 Å². The molecule has 3 nitrogen and oxygen atoms in total. The van der Waals surface area contributed by atoms with E-state index in [0.717, 1.165) is 12.0 Å². The molecule has 1 aliphatic rings. The molecule has 1 saturated carbocycles. The molecule has 0 spiro atoms. The molecule has 19 heavy (non-hydrogen) atoms. The van der Waals surface area contributed by atoms with E-state index in [0.29, 0.717) is 0 Å². The molecular weight excluding hydrogens is 234 g/mol. The first kappa shape index (κ1) is 16.9.